The molecule has 1 aliphatic rings. The van der Waals surface area contributed by atoms with Gasteiger partial charge in [-0.05, 0) is 51.7 Å². The Morgan fingerprint density at radius 3 is 2.54 bits per heavy atom. The number of aromatic nitrogens is 4. The van der Waals surface area contributed by atoms with Gasteiger partial charge in [0.1, 0.15) is 5.60 Å². The van der Waals surface area contributed by atoms with Gasteiger partial charge in [0.05, 0.1) is 18.8 Å². The molecule has 198 valence electrons. The van der Waals surface area contributed by atoms with Gasteiger partial charge in [-0.3, -0.25) is 19.1 Å². The van der Waals surface area contributed by atoms with E-state index in [0.29, 0.717) is 37.3 Å². The number of benzene rings is 1. The summed E-state index contributed by atoms with van der Waals surface area (Å²) in [7, 11) is 0. The molecule has 2 aromatic heterocycles. The highest BCUT2D eigenvalue weighted by Crippen LogP contribution is 2.20. The van der Waals surface area contributed by atoms with Crippen LogP contribution in [0.4, 0.5) is 4.79 Å². The summed E-state index contributed by atoms with van der Waals surface area (Å²) in [5.74, 6) is -0.371. The highest BCUT2D eigenvalue weighted by atomic mass is 16.6. The summed E-state index contributed by atoms with van der Waals surface area (Å²) in [5.41, 5.74) is 0.946. The van der Waals surface area contributed by atoms with Crippen molar-refractivity contribution in [1.29, 1.82) is 0 Å². The Hall–Kier alpha value is -3.89. The summed E-state index contributed by atoms with van der Waals surface area (Å²) < 4.78 is 8.59. The van der Waals surface area contributed by atoms with E-state index in [2.05, 4.69) is 15.3 Å². The van der Waals surface area contributed by atoms with Gasteiger partial charge >= 0.3 is 11.8 Å². The van der Waals surface area contributed by atoms with Gasteiger partial charge in [-0.15, -0.1) is 0 Å². The number of hydrogen-bond acceptors (Lipinski definition) is 6. The van der Waals surface area contributed by atoms with Crippen LogP contribution in [0.15, 0.2) is 40.2 Å². The van der Waals surface area contributed by atoms with Gasteiger partial charge < -0.3 is 19.5 Å². The van der Waals surface area contributed by atoms with Crippen molar-refractivity contribution in [2.75, 3.05) is 13.1 Å². The number of amides is 2. The number of ether oxygens (including phenoxy) is 1. The summed E-state index contributed by atoms with van der Waals surface area (Å²) in [6, 6.07) is 7.54. The second-order valence-electron chi connectivity index (χ2n) is 10.3. The molecule has 11 heteroatoms. The number of nitrogens with one attached hydrogen (secondary N) is 2. The average molecular weight is 511 g/mol. The van der Waals surface area contributed by atoms with Crippen molar-refractivity contribution >= 4 is 23.2 Å². The largest absolute Gasteiger partial charge is 0.444 e. The van der Waals surface area contributed by atoms with E-state index in [4.69, 9.17) is 4.74 Å². The molecule has 3 aromatic rings. The predicted molar refractivity (Wildman–Crippen MR) is 138 cm³/mol. The van der Waals surface area contributed by atoms with E-state index in [1.165, 1.54) is 4.57 Å². The first-order valence-corrected chi connectivity index (χ1v) is 12.6. The number of aryl methyl sites for hydroxylation is 1. The fourth-order valence-corrected chi connectivity index (χ4v) is 4.47. The standard InChI is InChI=1S/C26H34N6O5/c1-5-30-16-28-21-20(30)23(34)29-24(35)32(21)14-18-10-8-17(9-11-18)13-27-22(33)19-7-6-12-31(15-19)25(36)37-26(2,3)4/h8-11,16,19H,5-7,12-15H2,1-4H3,(H,27,33)(H,29,34,35)/t19-/m1/s1. The third-order valence-electron chi connectivity index (χ3n) is 6.37. The zero-order valence-corrected chi connectivity index (χ0v) is 21.7. The molecule has 1 aliphatic heterocycles. The minimum absolute atomic E-state index is 0.0916. The predicted octanol–water partition coefficient (Wildman–Crippen LogP) is 2.22. The molecule has 0 radical (unpaired) electrons. The number of carbonyl (C=O) groups excluding carboxylic acids is 2. The number of nitrogens with zero attached hydrogens (tertiary/aromatic N) is 4. The van der Waals surface area contributed by atoms with Crippen LogP contribution in [0.5, 0.6) is 0 Å². The fourth-order valence-electron chi connectivity index (χ4n) is 4.47. The number of imidazole rings is 1. The molecule has 0 aliphatic carbocycles. The van der Waals surface area contributed by atoms with Gasteiger partial charge in [0.15, 0.2) is 11.2 Å². The monoisotopic (exact) mass is 510 g/mol. The Labute approximate surface area is 214 Å². The Balaban J connectivity index is 1.36. The average Bonchev–Trinajstić information content (AvgIpc) is 3.29. The summed E-state index contributed by atoms with van der Waals surface area (Å²) in [6.45, 7) is 9.47. The number of aromatic amines is 1. The molecule has 0 unspecified atom stereocenters. The normalized spacial score (nSPS) is 16.1. The molecule has 0 spiro atoms. The summed E-state index contributed by atoms with van der Waals surface area (Å²) in [6.07, 6.45) is 2.64. The Morgan fingerprint density at radius 1 is 1.16 bits per heavy atom. The molecule has 1 atom stereocenters. The summed E-state index contributed by atoms with van der Waals surface area (Å²) in [4.78, 5) is 58.1. The molecule has 0 bridgehead atoms. The maximum Gasteiger partial charge on any atom is 0.410 e. The van der Waals surface area contributed by atoms with E-state index in [1.807, 2.05) is 52.0 Å². The van der Waals surface area contributed by atoms with Crippen molar-refractivity contribution in [2.24, 2.45) is 5.92 Å². The molecule has 2 N–H and O–H groups in total. The molecule has 37 heavy (non-hydrogen) atoms. The number of piperidine rings is 1. The van der Waals surface area contributed by atoms with Crippen LogP contribution in [0.2, 0.25) is 0 Å². The van der Waals surface area contributed by atoms with Crippen LogP contribution >= 0.6 is 0 Å². The molecule has 11 nitrogen and oxygen atoms in total. The van der Waals surface area contributed by atoms with Crippen molar-refractivity contribution in [1.82, 2.24) is 29.3 Å². The number of fused-ring (bicyclic) bond motifs is 1. The van der Waals surface area contributed by atoms with E-state index in [-0.39, 0.29) is 24.5 Å². The number of hydrogen-bond donors (Lipinski definition) is 2. The molecule has 2 amide bonds. The highest BCUT2D eigenvalue weighted by molar-refractivity contribution is 5.80. The van der Waals surface area contributed by atoms with Crippen LogP contribution in [0.25, 0.3) is 11.2 Å². The molecule has 1 fully saturated rings. The van der Waals surface area contributed by atoms with Crippen LogP contribution < -0.4 is 16.6 Å². The van der Waals surface area contributed by atoms with Crippen molar-refractivity contribution in [3.8, 4) is 0 Å². The van der Waals surface area contributed by atoms with Crippen LogP contribution in [0.3, 0.4) is 0 Å². The Kier molecular flexibility index (Phi) is 7.51. The van der Waals surface area contributed by atoms with Gasteiger partial charge in [-0.1, -0.05) is 24.3 Å². The van der Waals surface area contributed by atoms with Gasteiger partial charge in [-0.25, -0.2) is 14.6 Å². The van der Waals surface area contributed by atoms with Crippen molar-refractivity contribution in [2.45, 2.75) is 65.8 Å². The fraction of sp³-hybridized carbons (Fsp3) is 0.500. The summed E-state index contributed by atoms with van der Waals surface area (Å²) >= 11 is 0. The van der Waals surface area contributed by atoms with Crippen LogP contribution in [0, 0.1) is 5.92 Å². The molecule has 3 heterocycles. The van der Waals surface area contributed by atoms with E-state index in [1.54, 1.807) is 15.8 Å². The quantitative estimate of drug-likeness (QED) is 0.523. The smallest absolute Gasteiger partial charge is 0.410 e. The third-order valence-corrected chi connectivity index (χ3v) is 6.37. The lowest BCUT2D eigenvalue weighted by Gasteiger charge is -2.33. The minimum Gasteiger partial charge on any atom is -0.444 e. The lowest BCUT2D eigenvalue weighted by Crippen LogP contribution is -2.46. The van der Waals surface area contributed by atoms with Gasteiger partial charge in [0.2, 0.25) is 5.91 Å². The van der Waals surface area contributed by atoms with Crippen molar-refractivity contribution in [3.63, 3.8) is 0 Å². The SMILES string of the molecule is CCn1cnc2c1c(=O)[nH]c(=O)n2Cc1ccc(CNC(=O)[C@@H]2CCCN(C(=O)OC(C)(C)C)C2)cc1. The first kappa shape index (κ1) is 26.2. The molecule has 1 aromatic carbocycles. The molecular weight excluding hydrogens is 476 g/mol. The maximum absolute atomic E-state index is 12.8. The zero-order chi connectivity index (χ0) is 26.7. The first-order chi connectivity index (χ1) is 17.6. The number of carbonyl (C=O) groups is 2. The lowest BCUT2D eigenvalue weighted by atomic mass is 9.97. The van der Waals surface area contributed by atoms with Crippen LogP contribution in [0.1, 0.15) is 51.7 Å². The number of H-pyrrole nitrogens is 1. The molecular formula is C26H34N6O5. The second kappa shape index (κ2) is 10.6. The first-order valence-electron chi connectivity index (χ1n) is 12.6. The van der Waals surface area contributed by atoms with Crippen molar-refractivity contribution in [3.05, 3.63) is 62.6 Å². The van der Waals surface area contributed by atoms with E-state index in [9.17, 15) is 19.2 Å². The molecule has 4 rings (SSSR count). The topological polar surface area (TPSA) is 131 Å². The Bertz CT molecular complexity index is 1400. The molecule has 1 saturated heterocycles. The molecule has 0 saturated carbocycles. The maximum atomic E-state index is 12.8. The Morgan fingerprint density at radius 2 is 1.86 bits per heavy atom. The highest BCUT2D eigenvalue weighted by Gasteiger charge is 2.30. The van der Waals surface area contributed by atoms with E-state index in [0.717, 1.165) is 24.0 Å². The minimum atomic E-state index is -0.576. The van der Waals surface area contributed by atoms with E-state index >= 15 is 0 Å². The van der Waals surface area contributed by atoms with Gasteiger partial charge in [-0.2, -0.15) is 0 Å². The van der Waals surface area contributed by atoms with Crippen molar-refractivity contribution < 1.29 is 14.3 Å². The lowest BCUT2D eigenvalue weighted by molar-refractivity contribution is -0.126. The zero-order valence-electron chi connectivity index (χ0n) is 21.7. The van der Waals surface area contributed by atoms with Gasteiger partial charge in [0, 0.05) is 26.2 Å². The van der Waals surface area contributed by atoms with Crippen LogP contribution in [-0.2, 0) is 29.2 Å². The van der Waals surface area contributed by atoms with E-state index < -0.39 is 16.9 Å². The second-order valence-corrected chi connectivity index (χ2v) is 10.3. The third kappa shape index (κ3) is 6.10. The number of rotatable bonds is 6. The number of likely N-dealkylation sites (tertiary alicyclic amines) is 1. The summed E-state index contributed by atoms with van der Waals surface area (Å²) in [5, 5.41) is 2.97. The van der Waals surface area contributed by atoms with Gasteiger partial charge in [0.25, 0.3) is 5.56 Å². The van der Waals surface area contributed by atoms with Crippen LogP contribution in [-0.4, -0.2) is 54.7 Å².